The molecule has 2 aromatic rings. The van der Waals surface area contributed by atoms with Crippen LogP contribution in [0.2, 0.25) is 0 Å². The second kappa shape index (κ2) is 8.04. The first-order valence-electron chi connectivity index (χ1n) is 6.83. The maximum atomic E-state index is 13.8. The quantitative estimate of drug-likeness (QED) is 0.823. The summed E-state index contributed by atoms with van der Waals surface area (Å²) in [4.78, 5) is 4.03. The molecule has 1 aromatic heterocycles. The molecule has 2 nitrogen and oxygen atoms in total. The molecule has 0 amide bonds. The number of rotatable bonds is 3. The van der Waals surface area contributed by atoms with Gasteiger partial charge in [-0.1, -0.05) is 27.8 Å². The molecule has 0 saturated heterocycles. The summed E-state index contributed by atoms with van der Waals surface area (Å²) in [6.07, 6.45) is 3.34. The first-order chi connectivity index (χ1) is 10.0. The van der Waals surface area contributed by atoms with Crippen molar-refractivity contribution in [2.24, 2.45) is 0 Å². The predicted octanol–water partition coefficient (Wildman–Crippen LogP) is 4.80. The summed E-state index contributed by atoms with van der Waals surface area (Å²) in [5.74, 6) is -1.67. The summed E-state index contributed by atoms with van der Waals surface area (Å²) in [5.41, 5.74) is 1.15. The fourth-order valence-corrected chi connectivity index (χ4v) is 2.72. The van der Waals surface area contributed by atoms with Gasteiger partial charge in [0.25, 0.3) is 0 Å². The summed E-state index contributed by atoms with van der Waals surface area (Å²) in [5, 5.41) is 4.00. The summed E-state index contributed by atoms with van der Waals surface area (Å²) < 4.78 is 27.4. The number of nitrogens with one attached hydrogen (secondary N) is 1. The van der Waals surface area contributed by atoms with Gasteiger partial charge in [-0.05, 0) is 37.9 Å². The lowest BCUT2D eigenvalue weighted by molar-refractivity contribution is 0.506. The van der Waals surface area contributed by atoms with Crippen molar-refractivity contribution >= 4 is 24.6 Å². The van der Waals surface area contributed by atoms with Crippen LogP contribution in [0.5, 0.6) is 0 Å². The van der Waals surface area contributed by atoms with Gasteiger partial charge in [-0.2, -0.15) is 0 Å². The minimum atomic E-state index is -0.855. The van der Waals surface area contributed by atoms with Crippen LogP contribution in [-0.4, -0.2) is 18.3 Å². The van der Waals surface area contributed by atoms with E-state index >= 15 is 0 Å². The lowest BCUT2D eigenvalue weighted by Gasteiger charge is -2.15. The van der Waals surface area contributed by atoms with E-state index in [9.17, 15) is 8.78 Å². The highest BCUT2D eigenvalue weighted by molar-refractivity contribution is 7.64. The van der Waals surface area contributed by atoms with Gasteiger partial charge in [-0.25, -0.2) is 8.78 Å². The Morgan fingerprint density at radius 2 is 1.67 bits per heavy atom. The van der Waals surface area contributed by atoms with Gasteiger partial charge >= 0.3 is 0 Å². The maximum absolute atomic E-state index is 13.8. The van der Waals surface area contributed by atoms with Crippen LogP contribution < -0.4 is 10.6 Å². The highest BCUT2D eigenvalue weighted by Crippen LogP contribution is 2.30. The van der Waals surface area contributed by atoms with Gasteiger partial charge in [-0.3, -0.25) is 4.98 Å². The normalized spacial score (nSPS) is 10.1. The third-order valence-corrected chi connectivity index (χ3v) is 4.18. The van der Waals surface area contributed by atoms with Crippen molar-refractivity contribution in [3.05, 3.63) is 47.8 Å². The molecule has 21 heavy (non-hydrogen) atoms. The van der Waals surface area contributed by atoms with E-state index in [1.165, 1.54) is 13.0 Å². The van der Waals surface area contributed by atoms with E-state index in [0.717, 1.165) is 11.0 Å². The fraction of sp³-hybridized carbons (Fsp3) is 0.312. The predicted molar refractivity (Wildman–Crippen MR) is 88.4 cm³/mol. The first kappa shape index (κ1) is 17.5. The molecular weight excluding hydrogens is 289 g/mol. The van der Waals surface area contributed by atoms with Gasteiger partial charge in [0, 0.05) is 11.5 Å². The van der Waals surface area contributed by atoms with E-state index < -0.39 is 11.6 Å². The highest BCUT2D eigenvalue weighted by Gasteiger charge is 2.13. The molecular formula is C16H21F2N2P. The number of benzene rings is 1. The van der Waals surface area contributed by atoms with Crippen molar-refractivity contribution < 1.29 is 8.78 Å². The van der Waals surface area contributed by atoms with Crippen LogP contribution in [0.4, 0.5) is 20.2 Å². The average Bonchev–Trinajstić information content (AvgIpc) is 2.50. The standard InChI is InChI=1S/C14H15F2N2P.C2H6/c1-9-4-5-10(14(16)13(9)15)18-11-8-17-7-6-12(11)19(2)3;1-2/h4-8,18H,1-3H3;1-2H3. The Labute approximate surface area is 126 Å². The van der Waals surface area contributed by atoms with Crippen molar-refractivity contribution in [2.75, 3.05) is 18.6 Å². The van der Waals surface area contributed by atoms with Crippen molar-refractivity contribution in [2.45, 2.75) is 20.8 Å². The van der Waals surface area contributed by atoms with Crippen LogP contribution in [0.3, 0.4) is 0 Å². The molecule has 2 rings (SSSR count). The number of pyridine rings is 1. The Kier molecular flexibility index (Phi) is 6.70. The average molecular weight is 310 g/mol. The van der Waals surface area contributed by atoms with Crippen molar-refractivity contribution in [3.8, 4) is 0 Å². The number of halogens is 2. The van der Waals surface area contributed by atoms with Gasteiger partial charge in [0.2, 0.25) is 0 Å². The first-order valence-corrected chi connectivity index (χ1v) is 9.07. The molecule has 5 heteroatoms. The molecule has 1 heterocycles. The van der Waals surface area contributed by atoms with Gasteiger partial charge in [0.15, 0.2) is 11.6 Å². The Balaban J connectivity index is 0.00000106. The van der Waals surface area contributed by atoms with Crippen LogP contribution in [0.15, 0.2) is 30.6 Å². The second-order valence-corrected chi connectivity index (χ2v) is 6.74. The van der Waals surface area contributed by atoms with E-state index in [2.05, 4.69) is 23.6 Å². The number of hydrogen-bond acceptors (Lipinski definition) is 2. The molecule has 0 spiro atoms. The number of anilines is 2. The number of aromatic nitrogens is 1. The maximum Gasteiger partial charge on any atom is 0.182 e. The van der Waals surface area contributed by atoms with Crippen LogP contribution in [0, 0.1) is 18.6 Å². The third kappa shape index (κ3) is 4.21. The summed E-state index contributed by atoms with van der Waals surface area (Å²) in [7, 11) is -0.355. The van der Waals surface area contributed by atoms with Gasteiger partial charge in [0.05, 0.1) is 17.6 Å². The molecule has 0 saturated carbocycles. The van der Waals surface area contributed by atoms with E-state index in [0.29, 0.717) is 5.56 Å². The van der Waals surface area contributed by atoms with E-state index in [1.807, 2.05) is 19.9 Å². The fourth-order valence-electron chi connectivity index (χ4n) is 1.76. The van der Waals surface area contributed by atoms with Crippen molar-refractivity contribution in [3.63, 3.8) is 0 Å². The van der Waals surface area contributed by atoms with Crippen molar-refractivity contribution in [1.82, 2.24) is 4.98 Å². The van der Waals surface area contributed by atoms with Crippen molar-refractivity contribution in [1.29, 1.82) is 0 Å². The lowest BCUT2D eigenvalue weighted by Crippen LogP contribution is -2.09. The molecule has 0 fully saturated rings. The molecule has 1 N–H and O–H groups in total. The minimum absolute atomic E-state index is 0.134. The molecule has 1 aromatic carbocycles. The molecule has 0 atom stereocenters. The molecule has 0 aliphatic carbocycles. The van der Waals surface area contributed by atoms with Crippen LogP contribution in [0.1, 0.15) is 19.4 Å². The smallest absolute Gasteiger partial charge is 0.182 e. The Hall–Kier alpha value is -1.54. The zero-order chi connectivity index (χ0) is 16.0. The highest BCUT2D eigenvalue weighted by atomic mass is 31.1. The summed E-state index contributed by atoms with van der Waals surface area (Å²) >= 11 is 0. The zero-order valence-electron chi connectivity index (χ0n) is 13.0. The van der Waals surface area contributed by atoms with E-state index in [4.69, 9.17) is 0 Å². The van der Waals surface area contributed by atoms with Gasteiger partial charge < -0.3 is 5.32 Å². The summed E-state index contributed by atoms with van der Waals surface area (Å²) in [6.45, 7) is 9.74. The SMILES string of the molecule is CC.Cc1ccc(Nc2cnccc2P(C)C)c(F)c1F. The Bertz CT molecular complexity index is 601. The van der Waals surface area contributed by atoms with Crippen LogP contribution >= 0.6 is 7.92 Å². The molecule has 0 bridgehead atoms. The lowest BCUT2D eigenvalue weighted by atomic mass is 10.2. The number of hydrogen-bond donors (Lipinski definition) is 1. The van der Waals surface area contributed by atoms with E-state index in [-0.39, 0.29) is 13.6 Å². The monoisotopic (exact) mass is 310 g/mol. The second-order valence-electron chi connectivity index (χ2n) is 4.47. The van der Waals surface area contributed by atoms with E-state index in [1.54, 1.807) is 18.5 Å². The zero-order valence-corrected chi connectivity index (χ0v) is 13.9. The van der Waals surface area contributed by atoms with Crippen LogP contribution in [-0.2, 0) is 0 Å². The molecule has 0 aliphatic heterocycles. The largest absolute Gasteiger partial charge is 0.351 e. The third-order valence-electron chi connectivity index (χ3n) is 2.82. The Morgan fingerprint density at radius 1 is 1.00 bits per heavy atom. The van der Waals surface area contributed by atoms with Crippen LogP contribution in [0.25, 0.3) is 0 Å². The molecule has 114 valence electrons. The Morgan fingerprint density at radius 3 is 2.29 bits per heavy atom. The number of aryl methyl sites for hydroxylation is 1. The molecule has 0 unspecified atom stereocenters. The number of nitrogens with zero attached hydrogens (tertiary/aromatic N) is 1. The van der Waals surface area contributed by atoms with Gasteiger partial charge in [0.1, 0.15) is 0 Å². The molecule has 0 aliphatic rings. The summed E-state index contributed by atoms with van der Waals surface area (Å²) in [6, 6.07) is 4.99. The van der Waals surface area contributed by atoms with Gasteiger partial charge in [-0.15, -0.1) is 0 Å². The topological polar surface area (TPSA) is 24.9 Å². The molecule has 0 radical (unpaired) electrons. The minimum Gasteiger partial charge on any atom is -0.351 e.